The SMILES string of the molecule is CN(CCCSc1ccccc1)C(=O)C[C@@H]1CCCOC1. The summed E-state index contributed by atoms with van der Waals surface area (Å²) >= 11 is 1.85. The Hall–Kier alpha value is -1.00. The molecule has 0 radical (unpaired) electrons. The summed E-state index contributed by atoms with van der Waals surface area (Å²) in [5.41, 5.74) is 0. The quantitative estimate of drug-likeness (QED) is 0.571. The first kappa shape index (κ1) is 16.4. The van der Waals surface area contributed by atoms with E-state index in [1.54, 1.807) is 0 Å². The van der Waals surface area contributed by atoms with Crippen LogP contribution in [-0.2, 0) is 9.53 Å². The Balaban J connectivity index is 1.60. The summed E-state index contributed by atoms with van der Waals surface area (Å²) in [4.78, 5) is 15.3. The van der Waals surface area contributed by atoms with E-state index >= 15 is 0 Å². The maximum atomic E-state index is 12.1. The summed E-state index contributed by atoms with van der Waals surface area (Å²) in [6, 6.07) is 10.4. The molecule has 1 aliphatic rings. The van der Waals surface area contributed by atoms with Crippen LogP contribution in [0.25, 0.3) is 0 Å². The highest BCUT2D eigenvalue weighted by Gasteiger charge is 2.19. The smallest absolute Gasteiger partial charge is 0.222 e. The Kier molecular flexibility index (Phi) is 7.10. The van der Waals surface area contributed by atoms with Gasteiger partial charge in [0.2, 0.25) is 5.91 Å². The van der Waals surface area contributed by atoms with E-state index in [1.807, 2.05) is 29.8 Å². The average Bonchev–Trinajstić information content (AvgIpc) is 2.53. The number of hydrogen-bond donors (Lipinski definition) is 0. The summed E-state index contributed by atoms with van der Waals surface area (Å²) in [7, 11) is 1.92. The summed E-state index contributed by atoms with van der Waals surface area (Å²) in [6.45, 7) is 2.45. The number of amides is 1. The molecular formula is C17H25NO2S. The molecule has 116 valence electrons. The van der Waals surface area contributed by atoms with Gasteiger partial charge in [0.1, 0.15) is 0 Å². The topological polar surface area (TPSA) is 29.5 Å². The minimum Gasteiger partial charge on any atom is -0.381 e. The Morgan fingerprint density at radius 2 is 2.19 bits per heavy atom. The molecule has 0 aliphatic carbocycles. The number of nitrogens with zero attached hydrogens (tertiary/aromatic N) is 1. The van der Waals surface area contributed by atoms with Gasteiger partial charge in [-0.3, -0.25) is 4.79 Å². The molecule has 1 aliphatic heterocycles. The van der Waals surface area contributed by atoms with Crippen LogP contribution in [0.1, 0.15) is 25.7 Å². The molecule has 0 spiro atoms. The van der Waals surface area contributed by atoms with Crippen molar-refractivity contribution in [2.45, 2.75) is 30.6 Å². The zero-order chi connectivity index (χ0) is 14.9. The molecule has 1 fully saturated rings. The van der Waals surface area contributed by atoms with Gasteiger partial charge in [-0.2, -0.15) is 0 Å². The van der Waals surface area contributed by atoms with Gasteiger partial charge >= 0.3 is 0 Å². The van der Waals surface area contributed by atoms with Crippen molar-refractivity contribution >= 4 is 17.7 Å². The lowest BCUT2D eigenvalue weighted by Crippen LogP contribution is -2.31. The lowest BCUT2D eigenvalue weighted by Gasteiger charge is -2.24. The predicted molar refractivity (Wildman–Crippen MR) is 87.6 cm³/mol. The molecule has 0 N–H and O–H groups in total. The van der Waals surface area contributed by atoms with Crippen molar-refractivity contribution in [3.8, 4) is 0 Å². The van der Waals surface area contributed by atoms with Crippen molar-refractivity contribution in [3.05, 3.63) is 30.3 Å². The van der Waals surface area contributed by atoms with Gasteiger partial charge in [-0.15, -0.1) is 11.8 Å². The number of carbonyl (C=O) groups excluding carboxylic acids is 1. The van der Waals surface area contributed by atoms with Crippen LogP contribution in [0.3, 0.4) is 0 Å². The van der Waals surface area contributed by atoms with Crippen LogP contribution in [0.15, 0.2) is 35.2 Å². The maximum absolute atomic E-state index is 12.1. The minimum atomic E-state index is 0.259. The summed E-state index contributed by atoms with van der Waals surface area (Å²) in [5.74, 6) is 1.73. The third-order valence-electron chi connectivity index (χ3n) is 3.79. The van der Waals surface area contributed by atoms with Crippen LogP contribution in [0.4, 0.5) is 0 Å². The Morgan fingerprint density at radius 3 is 2.90 bits per heavy atom. The monoisotopic (exact) mass is 307 g/mol. The van der Waals surface area contributed by atoms with Gasteiger partial charge in [-0.25, -0.2) is 0 Å². The lowest BCUT2D eigenvalue weighted by molar-refractivity contribution is -0.132. The molecule has 3 nitrogen and oxygen atoms in total. The molecule has 1 aromatic carbocycles. The number of benzene rings is 1. The van der Waals surface area contributed by atoms with Crippen molar-refractivity contribution in [2.24, 2.45) is 5.92 Å². The van der Waals surface area contributed by atoms with Gasteiger partial charge < -0.3 is 9.64 Å². The molecule has 1 saturated heterocycles. The third kappa shape index (κ3) is 6.10. The van der Waals surface area contributed by atoms with E-state index in [2.05, 4.69) is 24.3 Å². The van der Waals surface area contributed by atoms with E-state index < -0.39 is 0 Å². The van der Waals surface area contributed by atoms with E-state index in [9.17, 15) is 4.79 Å². The van der Waals surface area contributed by atoms with Crippen molar-refractivity contribution in [1.82, 2.24) is 4.90 Å². The molecule has 1 heterocycles. The van der Waals surface area contributed by atoms with Crippen LogP contribution in [0.5, 0.6) is 0 Å². The first-order valence-electron chi connectivity index (χ1n) is 7.75. The van der Waals surface area contributed by atoms with Gasteiger partial charge in [0, 0.05) is 38.1 Å². The van der Waals surface area contributed by atoms with E-state index in [4.69, 9.17) is 4.74 Å². The molecule has 0 unspecified atom stereocenters. The fourth-order valence-corrected chi connectivity index (χ4v) is 3.36. The molecule has 1 aromatic rings. The molecule has 0 bridgehead atoms. The molecule has 1 atom stereocenters. The fourth-order valence-electron chi connectivity index (χ4n) is 2.50. The summed E-state index contributed by atoms with van der Waals surface area (Å²) in [6.07, 6.45) is 3.89. The maximum Gasteiger partial charge on any atom is 0.222 e. The largest absolute Gasteiger partial charge is 0.381 e. The number of carbonyl (C=O) groups is 1. The summed E-state index contributed by atoms with van der Waals surface area (Å²) in [5, 5.41) is 0. The Morgan fingerprint density at radius 1 is 1.38 bits per heavy atom. The normalized spacial score (nSPS) is 18.4. The first-order chi connectivity index (χ1) is 10.3. The van der Waals surface area contributed by atoms with Gasteiger partial charge in [0.05, 0.1) is 0 Å². The molecule has 1 amide bonds. The fraction of sp³-hybridized carbons (Fsp3) is 0.588. The van der Waals surface area contributed by atoms with Crippen LogP contribution in [0.2, 0.25) is 0 Å². The molecule has 4 heteroatoms. The van der Waals surface area contributed by atoms with E-state index in [-0.39, 0.29) is 5.91 Å². The predicted octanol–water partition coefficient (Wildman–Crippen LogP) is 3.44. The Labute approximate surface area is 132 Å². The van der Waals surface area contributed by atoms with Gasteiger partial charge in [0.15, 0.2) is 0 Å². The molecule has 2 rings (SSSR count). The second kappa shape index (κ2) is 9.11. The molecule has 0 saturated carbocycles. The van der Waals surface area contributed by atoms with Gasteiger partial charge in [-0.1, -0.05) is 18.2 Å². The lowest BCUT2D eigenvalue weighted by atomic mass is 9.98. The highest BCUT2D eigenvalue weighted by Crippen LogP contribution is 2.19. The van der Waals surface area contributed by atoms with Gasteiger partial charge in [0.25, 0.3) is 0 Å². The number of hydrogen-bond acceptors (Lipinski definition) is 3. The first-order valence-corrected chi connectivity index (χ1v) is 8.74. The molecule has 0 aromatic heterocycles. The van der Waals surface area contributed by atoms with E-state index in [1.165, 1.54) is 4.90 Å². The molecule has 21 heavy (non-hydrogen) atoms. The van der Waals surface area contributed by atoms with Crippen molar-refractivity contribution in [1.29, 1.82) is 0 Å². The number of rotatable bonds is 7. The highest BCUT2D eigenvalue weighted by molar-refractivity contribution is 7.99. The second-order valence-corrected chi connectivity index (χ2v) is 6.79. The van der Waals surface area contributed by atoms with Gasteiger partial charge in [-0.05, 0) is 43.1 Å². The van der Waals surface area contributed by atoms with Crippen LogP contribution in [0, 0.1) is 5.92 Å². The van der Waals surface area contributed by atoms with Crippen molar-refractivity contribution in [3.63, 3.8) is 0 Å². The van der Waals surface area contributed by atoms with Crippen LogP contribution in [-0.4, -0.2) is 43.4 Å². The van der Waals surface area contributed by atoms with Crippen LogP contribution >= 0.6 is 11.8 Å². The minimum absolute atomic E-state index is 0.259. The number of thioether (sulfide) groups is 1. The number of ether oxygens (including phenoxy) is 1. The van der Waals surface area contributed by atoms with Crippen molar-refractivity contribution < 1.29 is 9.53 Å². The zero-order valence-corrected chi connectivity index (χ0v) is 13.6. The van der Waals surface area contributed by atoms with E-state index in [0.29, 0.717) is 12.3 Å². The standard InChI is InChI=1S/C17H25NO2S/c1-18(17(19)13-15-7-5-11-20-14-15)10-6-12-21-16-8-3-2-4-9-16/h2-4,8-9,15H,5-7,10-14H2,1H3/t15-/m0/s1. The highest BCUT2D eigenvalue weighted by atomic mass is 32.2. The average molecular weight is 307 g/mol. The van der Waals surface area contributed by atoms with Crippen LogP contribution < -0.4 is 0 Å². The third-order valence-corrected chi connectivity index (χ3v) is 4.89. The summed E-state index contributed by atoms with van der Waals surface area (Å²) < 4.78 is 5.44. The van der Waals surface area contributed by atoms with E-state index in [0.717, 1.165) is 44.8 Å². The Bertz CT molecular complexity index is 418. The second-order valence-electron chi connectivity index (χ2n) is 5.62. The zero-order valence-electron chi connectivity index (χ0n) is 12.8. The molecular weight excluding hydrogens is 282 g/mol. The van der Waals surface area contributed by atoms with Crippen molar-refractivity contribution in [2.75, 3.05) is 32.6 Å².